The Balaban J connectivity index is 1.47. The number of benzene rings is 2. The number of rotatable bonds is 7. The molecule has 0 unspecified atom stereocenters. The van der Waals surface area contributed by atoms with Crippen LogP contribution >= 0.6 is 0 Å². The van der Waals surface area contributed by atoms with Gasteiger partial charge in [0.1, 0.15) is 12.1 Å². The van der Waals surface area contributed by atoms with Crippen LogP contribution in [0.25, 0.3) is 16.9 Å². The second-order valence-corrected chi connectivity index (χ2v) is 8.07. The first-order valence-electron chi connectivity index (χ1n) is 11.4. The number of imidazole rings is 1. The van der Waals surface area contributed by atoms with E-state index in [2.05, 4.69) is 37.1 Å². The zero-order valence-electron chi connectivity index (χ0n) is 19.8. The Morgan fingerprint density at radius 1 is 1.17 bits per heavy atom. The fourth-order valence-electron chi connectivity index (χ4n) is 4.02. The monoisotopic (exact) mass is 486 g/mol. The van der Waals surface area contributed by atoms with Crippen molar-refractivity contribution in [1.82, 2.24) is 19.5 Å². The van der Waals surface area contributed by atoms with E-state index in [0.717, 1.165) is 24.5 Å². The fourth-order valence-corrected chi connectivity index (χ4v) is 4.02. The van der Waals surface area contributed by atoms with E-state index in [-0.39, 0.29) is 11.7 Å². The van der Waals surface area contributed by atoms with Crippen LogP contribution in [0.5, 0.6) is 5.75 Å². The Labute approximate surface area is 207 Å². The number of nitrogen functional groups attached to an aromatic ring is 1. The molecule has 5 rings (SSSR count). The van der Waals surface area contributed by atoms with Crippen molar-refractivity contribution < 1.29 is 14.3 Å². The Kier molecular flexibility index (Phi) is 6.37. The highest BCUT2D eigenvalue weighted by atomic mass is 16.5. The van der Waals surface area contributed by atoms with E-state index < -0.39 is 0 Å². The minimum absolute atomic E-state index is 0.237. The third-order valence-corrected chi connectivity index (χ3v) is 5.81. The minimum Gasteiger partial charge on any atom is -0.494 e. The largest absolute Gasteiger partial charge is 0.494 e. The van der Waals surface area contributed by atoms with Gasteiger partial charge in [-0.25, -0.2) is 4.98 Å². The van der Waals surface area contributed by atoms with Gasteiger partial charge in [0.2, 0.25) is 11.9 Å². The number of aromatic nitrogens is 4. The van der Waals surface area contributed by atoms with Crippen LogP contribution in [0.2, 0.25) is 0 Å². The number of fused-ring (bicyclic) bond motifs is 1. The average molecular weight is 487 g/mol. The molecule has 1 saturated heterocycles. The van der Waals surface area contributed by atoms with Gasteiger partial charge in [-0.2, -0.15) is 9.97 Å². The molecule has 184 valence electrons. The van der Waals surface area contributed by atoms with E-state index >= 15 is 0 Å². The summed E-state index contributed by atoms with van der Waals surface area (Å²) >= 11 is 0. The summed E-state index contributed by atoms with van der Waals surface area (Å²) in [7, 11) is 1.62. The van der Waals surface area contributed by atoms with Crippen LogP contribution in [0.4, 0.5) is 28.8 Å². The SMILES string of the molecule is C=CC(=O)Nc1cccc(-n2cnc3c(N)nc(Nc4ccc(N5CCOCC5)cc4OC)nc32)c1. The summed E-state index contributed by atoms with van der Waals surface area (Å²) in [6.07, 6.45) is 2.83. The third kappa shape index (κ3) is 4.64. The second-order valence-electron chi connectivity index (χ2n) is 8.07. The lowest BCUT2D eigenvalue weighted by atomic mass is 10.2. The lowest BCUT2D eigenvalue weighted by Crippen LogP contribution is -2.36. The number of ether oxygens (including phenoxy) is 2. The molecule has 0 atom stereocenters. The molecule has 36 heavy (non-hydrogen) atoms. The van der Waals surface area contributed by atoms with Crippen molar-refractivity contribution in [2.45, 2.75) is 0 Å². The average Bonchev–Trinajstić information content (AvgIpc) is 3.34. The molecule has 4 aromatic rings. The molecule has 1 amide bonds. The van der Waals surface area contributed by atoms with Gasteiger partial charge in [0.25, 0.3) is 0 Å². The number of hydrogen-bond acceptors (Lipinski definition) is 9. The maximum absolute atomic E-state index is 11.7. The summed E-state index contributed by atoms with van der Waals surface area (Å²) in [4.78, 5) is 27.4. The van der Waals surface area contributed by atoms with Gasteiger partial charge in [0.15, 0.2) is 17.0 Å². The molecule has 3 heterocycles. The van der Waals surface area contributed by atoms with E-state index in [9.17, 15) is 4.79 Å². The van der Waals surface area contributed by atoms with Crippen LogP contribution in [0.3, 0.4) is 0 Å². The highest BCUT2D eigenvalue weighted by Crippen LogP contribution is 2.32. The number of anilines is 5. The molecule has 11 nitrogen and oxygen atoms in total. The number of nitrogens with one attached hydrogen (secondary N) is 2. The van der Waals surface area contributed by atoms with E-state index in [1.165, 1.54) is 6.08 Å². The van der Waals surface area contributed by atoms with E-state index in [1.807, 2.05) is 30.3 Å². The molecule has 0 aliphatic carbocycles. The van der Waals surface area contributed by atoms with Crippen molar-refractivity contribution >= 4 is 45.9 Å². The van der Waals surface area contributed by atoms with E-state index in [0.29, 0.717) is 47.5 Å². The fraction of sp³-hybridized carbons (Fsp3) is 0.200. The maximum Gasteiger partial charge on any atom is 0.247 e. The molecular weight excluding hydrogens is 460 g/mol. The van der Waals surface area contributed by atoms with Gasteiger partial charge in [-0.05, 0) is 36.4 Å². The van der Waals surface area contributed by atoms with E-state index in [1.54, 1.807) is 30.1 Å². The van der Waals surface area contributed by atoms with Gasteiger partial charge in [-0.3, -0.25) is 9.36 Å². The number of nitrogens with two attached hydrogens (primary N) is 1. The first-order valence-corrected chi connectivity index (χ1v) is 11.4. The van der Waals surface area contributed by atoms with Crippen molar-refractivity contribution in [2.24, 2.45) is 0 Å². The smallest absolute Gasteiger partial charge is 0.247 e. The van der Waals surface area contributed by atoms with Crippen molar-refractivity contribution in [1.29, 1.82) is 0 Å². The summed E-state index contributed by atoms with van der Waals surface area (Å²) in [5.41, 5.74) is 10.3. The van der Waals surface area contributed by atoms with Gasteiger partial charge in [0, 0.05) is 30.5 Å². The molecule has 2 aromatic heterocycles. The van der Waals surface area contributed by atoms with Crippen molar-refractivity contribution in [3.8, 4) is 11.4 Å². The molecule has 0 radical (unpaired) electrons. The molecule has 0 spiro atoms. The highest BCUT2D eigenvalue weighted by molar-refractivity contribution is 5.99. The molecule has 1 aliphatic heterocycles. The second kappa shape index (κ2) is 9.92. The number of nitrogens with zero attached hydrogens (tertiary/aromatic N) is 5. The van der Waals surface area contributed by atoms with Gasteiger partial charge in [0.05, 0.1) is 31.7 Å². The molecule has 11 heteroatoms. The summed E-state index contributed by atoms with van der Waals surface area (Å²) < 4.78 is 12.9. The summed E-state index contributed by atoms with van der Waals surface area (Å²) in [5, 5.41) is 5.97. The van der Waals surface area contributed by atoms with Crippen molar-refractivity contribution in [2.75, 3.05) is 54.7 Å². The quantitative estimate of drug-likeness (QED) is 0.337. The zero-order chi connectivity index (χ0) is 25.1. The topological polar surface area (TPSA) is 132 Å². The molecule has 0 saturated carbocycles. The normalized spacial score (nSPS) is 13.4. The van der Waals surface area contributed by atoms with Crippen molar-refractivity contribution in [3.05, 3.63) is 61.4 Å². The number of carbonyl (C=O) groups excluding carboxylic acids is 1. The van der Waals surface area contributed by atoms with Gasteiger partial charge in [-0.1, -0.05) is 12.6 Å². The lowest BCUT2D eigenvalue weighted by molar-refractivity contribution is -0.111. The van der Waals surface area contributed by atoms with Gasteiger partial charge >= 0.3 is 0 Å². The maximum atomic E-state index is 11.7. The number of amides is 1. The highest BCUT2D eigenvalue weighted by Gasteiger charge is 2.16. The number of hydrogen-bond donors (Lipinski definition) is 3. The minimum atomic E-state index is -0.297. The third-order valence-electron chi connectivity index (χ3n) is 5.81. The first kappa shape index (κ1) is 23.1. The predicted molar refractivity (Wildman–Crippen MR) is 139 cm³/mol. The summed E-state index contributed by atoms with van der Waals surface area (Å²) in [5.74, 6) is 0.895. The van der Waals surface area contributed by atoms with Crippen LogP contribution < -0.4 is 26.0 Å². The van der Waals surface area contributed by atoms with E-state index in [4.69, 9.17) is 15.2 Å². The Morgan fingerprint density at radius 2 is 2.00 bits per heavy atom. The van der Waals surface area contributed by atoms with Crippen LogP contribution in [0.15, 0.2) is 61.4 Å². The molecule has 2 aromatic carbocycles. The predicted octanol–water partition coefficient (Wildman–Crippen LogP) is 3.11. The van der Waals surface area contributed by atoms with Crippen LogP contribution in [-0.2, 0) is 9.53 Å². The van der Waals surface area contributed by atoms with Crippen molar-refractivity contribution in [3.63, 3.8) is 0 Å². The van der Waals surface area contributed by atoms with Crippen LogP contribution in [0.1, 0.15) is 0 Å². The summed E-state index contributed by atoms with van der Waals surface area (Å²) in [6.45, 7) is 6.54. The van der Waals surface area contributed by atoms with Crippen LogP contribution in [0, 0.1) is 0 Å². The standard InChI is InChI=1S/C25H26N8O3/c1-3-21(34)28-16-5-4-6-18(13-16)33-15-27-22-23(26)30-25(31-24(22)33)29-19-8-7-17(14-20(19)35-2)32-9-11-36-12-10-32/h3-8,13-15H,1,9-12H2,2H3,(H,28,34)(H3,26,29,30,31). The molecule has 1 aliphatic rings. The van der Waals surface area contributed by atoms with Crippen LogP contribution in [-0.4, -0.2) is 58.8 Å². The van der Waals surface area contributed by atoms with Gasteiger partial charge in [-0.15, -0.1) is 0 Å². The number of methoxy groups -OCH3 is 1. The molecule has 4 N–H and O–H groups in total. The number of morpholine rings is 1. The Hall–Kier alpha value is -4.64. The molecular formula is C25H26N8O3. The molecule has 1 fully saturated rings. The Bertz CT molecular complexity index is 1430. The number of carbonyl (C=O) groups is 1. The summed E-state index contributed by atoms with van der Waals surface area (Å²) in [6, 6.07) is 13.2. The first-order chi connectivity index (χ1) is 17.6. The Morgan fingerprint density at radius 3 is 2.78 bits per heavy atom. The zero-order valence-corrected chi connectivity index (χ0v) is 19.8. The lowest BCUT2D eigenvalue weighted by Gasteiger charge is -2.29. The molecule has 0 bridgehead atoms. The van der Waals surface area contributed by atoms with Gasteiger partial charge < -0.3 is 30.7 Å².